The summed E-state index contributed by atoms with van der Waals surface area (Å²) in [6, 6.07) is 5.57. The Balaban J connectivity index is 1.77. The number of ketones is 1. The average molecular weight is 286 g/mol. The third-order valence-electron chi connectivity index (χ3n) is 6.44. The highest BCUT2D eigenvalue weighted by Crippen LogP contribution is 2.59. The summed E-state index contributed by atoms with van der Waals surface area (Å²) in [5.41, 5.74) is 2.15. The van der Waals surface area contributed by atoms with Gasteiger partial charge in [-0.05, 0) is 66.7 Å². The number of carbonyl (C=O) groups is 1. The van der Waals surface area contributed by atoms with E-state index in [4.69, 9.17) is 0 Å². The Morgan fingerprint density at radius 1 is 1.29 bits per heavy atom. The van der Waals surface area contributed by atoms with Crippen LogP contribution < -0.4 is 0 Å². The van der Waals surface area contributed by atoms with Gasteiger partial charge in [0.25, 0.3) is 0 Å². The van der Waals surface area contributed by atoms with Gasteiger partial charge in [-0.15, -0.1) is 0 Å². The molecule has 0 amide bonds. The molecule has 0 heterocycles. The van der Waals surface area contributed by atoms with Crippen molar-refractivity contribution >= 4 is 5.78 Å². The zero-order valence-electron chi connectivity index (χ0n) is 12.4. The van der Waals surface area contributed by atoms with Gasteiger partial charge in [-0.1, -0.05) is 13.0 Å². The molecule has 0 radical (unpaired) electrons. The molecular weight excluding hydrogens is 264 g/mol. The molecule has 0 spiro atoms. The van der Waals surface area contributed by atoms with Gasteiger partial charge in [0.2, 0.25) is 0 Å². The lowest BCUT2D eigenvalue weighted by molar-refractivity contribution is -0.131. The Labute approximate surface area is 125 Å². The van der Waals surface area contributed by atoms with Crippen molar-refractivity contribution in [2.24, 2.45) is 17.3 Å². The highest BCUT2D eigenvalue weighted by atomic mass is 16.3. The first-order chi connectivity index (χ1) is 10.0. The van der Waals surface area contributed by atoms with E-state index in [1.807, 2.05) is 6.07 Å². The van der Waals surface area contributed by atoms with Crippen LogP contribution in [0.3, 0.4) is 0 Å². The largest absolute Gasteiger partial charge is 0.508 e. The van der Waals surface area contributed by atoms with E-state index in [0.29, 0.717) is 30.5 Å². The first-order valence-electron chi connectivity index (χ1n) is 8.04. The standard InChI is InChI=1S/C18H22O3/c1-18-7-6-13-12-3-2-11(19)8-10(12)9-15(20)17(13)14(18)4-5-16(18)21/h2-3,8,13-15,17,19-20H,4-7,9H2,1H3/t13?,14?,15-,17?,18?/m1/s1. The number of benzene rings is 1. The van der Waals surface area contributed by atoms with Gasteiger partial charge in [0, 0.05) is 11.8 Å². The number of hydrogen-bond acceptors (Lipinski definition) is 3. The normalized spacial score (nSPS) is 41.3. The summed E-state index contributed by atoms with van der Waals surface area (Å²) in [7, 11) is 0. The molecular formula is C18H22O3. The lowest BCUT2D eigenvalue weighted by Gasteiger charge is -2.50. The summed E-state index contributed by atoms with van der Waals surface area (Å²) in [5.74, 6) is 1.53. The third-order valence-corrected chi connectivity index (χ3v) is 6.44. The predicted molar refractivity (Wildman–Crippen MR) is 79.1 cm³/mol. The molecule has 2 fully saturated rings. The van der Waals surface area contributed by atoms with Crippen LogP contribution in [0.2, 0.25) is 0 Å². The molecule has 1 aromatic rings. The molecule has 5 atom stereocenters. The predicted octanol–water partition coefficient (Wildman–Crippen LogP) is 2.79. The highest BCUT2D eigenvalue weighted by molar-refractivity contribution is 5.87. The van der Waals surface area contributed by atoms with Gasteiger partial charge >= 0.3 is 0 Å². The van der Waals surface area contributed by atoms with Crippen molar-refractivity contribution in [3.05, 3.63) is 29.3 Å². The van der Waals surface area contributed by atoms with E-state index in [-0.39, 0.29) is 23.2 Å². The van der Waals surface area contributed by atoms with Crippen molar-refractivity contribution in [2.45, 2.75) is 51.0 Å². The van der Waals surface area contributed by atoms with Gasteiger partial charge < -0.3 is 10.2 Å². The van der Waals surface area contributed by atoms with E-state index in [0.717, 1.165) is 24.8 Å². The molecule has 112 valence electrons. The summed E-state index contributed by atoms with van der Waals surface area (Å²) in [5, 5.41) is 20.4. The quantitative estimate of drug-likeness (QED) is 0.771. The minimum absolute atomic E-state index is 0.201. The molecule has 3 nitrogen and oxygen atoms in total. The summed E-state index contributed by atoms with van der Waals surface area (Å²) >= 11 is 0. The smallest absolute Gasteiger partial charge is 0.139 e. The topological polar surface area (TPSA) is 57.5 Å². The molecule has 1 aromatic carbocycles. The Hall–Kier alpha value is -1.35. The van der Waals surface area contributed by atoms with E-state index < -0.39 is 0 Å². The zero-order chi connectivity index (χ0) is 14.8. The van der Waals surface area contributed by atoms with Crippen molar-refractivity contribution in [3.8, 4) is 5.75 Å². The maximum atomic E-state index is 12.3. The molecule has 0 aliphatic heterocycles. The van der Waals surface area contributed by atoms with Crippen molar-refractivity contribution in [1.29, 1.82) is 0 Å². The van der Waals surface area contributed by atoms with E-state index in [1.54, 1.807) is 12.1 Å². The summed E-state index contributed by atoms with van der Waals surface area (Å²) in [4.78, 5) is 12.3. The molecule has 0 saturated heterocycles. The average Bonchev–Trinajstić information content (AvgIpc) is 2.74. The lowest BCUT2D eigenvalue weighted by Crippen LogP contribution is -2.48. The van der Waals surface area contributed by atoms with Crippen LogP contribution in [0.1, 0.15) is 49.7 Å². The summed E-state index contributed by atoms with van der Waals surface area (Å²) in [6.07, 6.45) is 3.73. The molecule has 3 heteroatoms. The molecule has 3 aliphatic rings. The van der Waals surface area contributed by atoms with Crippen molar-refractivity contribution < 1.29 is 15.0 Å². The summed E-state index contributed by atoms with van der Waals surface area (Å²) in [6.45, 7) is 2.11. The van der Waals surface area contributed by atoms with E-state index >= 15 is 0 Å². The van der Waals surface area contributed by atoms with Crippen LogP contribution in [-0.4, -0.2) is 22.1 Å². The van der Waals surface area contributed by atoms with E-state index in [1.165, 1.54) is 5.56 Å². The second kappa shape index (κ2) is 4.33. The number of phenols is 1. The molecule has 4 unspecified atom stereocenters. The number of carbonyl (C=O) groups excluding carboxylic acids is 1. The molecule has 2 saturated carbocycles. The number of aromatic hydroxyl groups is 1. The molecule has 3 aliphatic carbocycles. The maximum Gasteiger partial charge on any atom is 0.139 e. The monoisotopic (exact) mass is 286 g/mol. The first kappa shape index (κ1) is 13.3. The van der Waals surface area contributed by atoms with Crippen molar-refractivity contribution in [3.63, 3.8) is 0 Å². The van der Waals surface area contributed by atoms with Crippen LogP contribution in [0.4, 0.5) is 0 Å². The number of aliphatic hydroxyl groups is 1. The Kier molecular flexibility index (Phi) is 2.74. The number of phenolic OH excluding ortho intramolecular Hbond substituents is 1. The second-order valence-corrected chi connectivity index (χ2v) is 7.36. The van der Waals surface area contributed by atoms with Gasteiger partial charge in [-0.2, -0.15) is 0 Å². The van der Waals surface area contributed by atoms with Crippen molar-refractivity contribution in [2.75, 3.05) is 0 Å². The minimum atomic E-state index is -0.389. The van der Waals surface area contributed by atoms with E-state index in [2.05, 4.69) is 6.92 Å². The van der Waals surface area contributed by atoms with Crippen LogP contribution in [0.5, 0.6) is 5.75 Å². The van der Waals surface area contributed by atoms with Crippen molar-refractivity contribution in [1.82, 2.24) is 0 Å². The van der Waals surface area contributed by atoms with Crippen LogP contribution >= 0.6 is 0 Å². The fraction of sp³-hybridized carbons (Fsp3) is 0.611. The zero-order valence-corrected chi connectivity index (χ0v) is 12.4. The summed E-state index contributed by atoms with van der Waals surface area (Å²) < 4.78 is 0. The molecule has 21 heavy (non-hydrogen) atoms. The van der Waals surface area contributed by atoms with Gasteiger partial charge in [-0.25, -0.2) is 0 Å². The van der Waals surface area contributed by atoms with Crippen LogP contribution in [-0.2, 0) is 11.2 Å². The van der Waals surface area contributed by atoms with Gasteiger partial charge in [-0.3, -0.25) is 4.79 Å². The van der Waals surface area contributed by atoms with E-state index in [9.17, 15) is 15.0 Å². The number of fused-ring (bicyclic) bond motifs is 5. The maximum absolute atomic E-state index is 12.3. The Bertz CT molecular complexity index is 608. The van der Waals surface area contributed by atoms with Gasteiger partial charge in [0.15, 0.2) is 0 Å². The van der Waals surface area contributed by atoms with Crippen LogP contribution in [0, 0.1) is 17.3 Å². The van der Waals surface area contributed by atoms with Crippen LogP contribution in [0.15, 0.2) is 18.2 Å². The lowest BCUT2D eigenvalue weighted by atomic mass is 9.55. The number of aliphatic hydroxyl groups excluding tert-OH is 1. The molecule has 0 bridgehead atoms. The SMILES string of the molecule is CC12CCC3c4ccc(O)cc4C[C@@H](O)C3C1CCC2=O. The fourth-order valence-electron chi connectivity index (χ4n) is 5.36. The Morgan fingerprint density at radius 2 is 2.10 bits per heavy atom. The van der Waals surface area contributed by atoms with Gasteiger partial charge in [0.1, 0.15) is 11.5 Å². The molecule has 0 aromatic heterocycles. The highest BCUT2D eigenvalue weighted by Gasteiger charge is 2.56. The minimum Gasteiger partial charge on any atom is -0.508 e. The fourth-order valence-corrected chi connectivity index (χ4v) is 5.36. The first-order valence-corrected chi connectivity index (χ1v) is 8.04. The third kappa shape index (κ3) is 1.73. The second-order valence-electron chi connectivity index (χ2n) is 7.36. The number of hydrogen-bond donors (Lipinski definition) is 2. The Morgan fingerprint density at radius 3 is 2.90 bits per heavy atom. The van der Waals surface area contributed by atoms with Gasteiger partial charge in [0.05, 0.1) is 6.10 Å². The number of rotatable bonds is 0. The molecule has 2 N–H and O–H groups in total. The molecule has 4 rings (SSSR count). The van der Waals surface area contributed by atoms with Crippen LogP contribution in [0.25, 0.3) is 0 Å². The number of Topliss-reactive ketones (excluding diaryl/α,β-unsaturated/α-hetero) is 1.